The third-order valence-corrected chi connectivity index (χ3v) is 3.28. The van der Waals surface area contributed by atoms with Gasteiger partial charge in [-0.15, -0.1) is 5.10 Å². The molecule has 0 unspecified atom stereocenters. The molecule has 0 fully saturated rings. The summed E-state index contributed by atoms with van der Waals surface area (Å²) in [4.78, 5) is 15.7. The molecule has 0 saturated carbocycles. The van der Waals surface area contributed by atoms with Gasteiger partial charge in [0, 0.05) is 12.4 Å². The molecule has 0 aliphatic carbocycles. The highest BCUT2D eigenvalue weighted by Crippen LogP contribution is 2.04. The second kappa shape index (κ2) is 7.98. The summed E-state index contributed by atoms with van der Waals surface area (Å²) in [5.74, 6) is -0.190. The van der Waals surface area contributed by atoms with Crippen LogP contribution in [0.4, 0.5) is 0 Å². The molecule has 7 nitrogen and oxygen atoms in total. The van der Waals surface area contributed by atoms with E-state index in [2.05, 4.69) is 20.6 Å². The van der Waals surface area contributed by atoms with Crippen LogP contribution in [0.2, 0.25) is 0 Å². The number of amides is 1. The van der Waals surface area contributed by atoms with Crippen LogP contribution in [0.15, 0.2) is 61.1 Å². The zero-order chi connectivity index (χ0) is 16.6. The van der Waals surface area contributed by atoms with Gasteiger partial charge in [-0.25, -0.2) is 4.68 Å². The molecule has 122 valence electrons. The SMILES string of the molecule is O=C(COCc1ccccc1)NCc1cn(-c2ccncc2)nn1. The molecule has 0 saturated heterocycles. The van der Waals surface area contributed by atoms with E-state index in [-0.39, 0.29) is 12.5 Å². The molecule has 3 aromatic rings. The number of ether oxygens (including phenoxy) is 1. The van der Waals surface area contributed by atoms with E-state index in [0.717, 1.165) is 11.3 Å². The Morgan fingerprint density at radius 2 is 1.92 bits per heavy atom. The first-order valence-electron chi connectivity index (χ1n) is 7.51. The van der Waals surface area contributed by atoms with Crippen molar-refractivity contribution in [1.29, 1.82) is 0 Å². The van der Waals surface area contributed by atoms with E-state index >= 15 is 0 Å². The second-order valence-corrected chi connectivity index (χ2v) is 5.11. The van der Waals surface area contributed by atoms with Gasteiger partial charge in [-0.3, -0.25) is 9.78 Å². The van der Waals surface area contributed by atoms with Gasteiger partial charge in [-0.1, -0.05) is 35.5 Å². The average molecular weight is 323 g/mol. The lowest BCUT2D eigenvalue weighted by molar-refractivity contribution is -0.126. The van der Waals surface area contributed by atoms with Crippen LogP contribution in [-0.4, -0.2) is 32.5 Å². The number of nitrogens with one attached hydrogen (secondary N) is 1. The van der Waals surface area contributed by atoms with E-state index < -0.39 is 0 Å². The fourth-order valence-electron chi connectivity index (χ4n) is 2.08. The Morgan fingerprint density at radius 1 is 1.12 bits per heavy atom. The van der Waals surface area contributed by atoms with Gasteiger partial charge in [0.1, 0.15) is 12.3 Å². The summed E-state index contributed by atoms with van der Waals surface area (Å²) in [5, 5.41) is 10.8. The zero-order valence-corrected chi connectivity index (χ0v) is 13.0. The van der Waals surface area contributed by atoms with E-state index in [1.807, 2.05) is 42.5 Å². The highest BCUT2D eigenvalue weighted by atomic mass is 16.5. The third kappa shape index (κ3) is 4.47. The fraction of sp³-hybridized carbons (Fsp3) is 0.176. The first-order valence-corrected chi connectivity index (χ1v) is 7.51. The largest absolute Gasteiger partial charge is 0.367 e. The molecule has 1 amide bonds. The minimum atomic E-state index is -0.190. The number of aromatic nitrogens is 4. The Hall–Kier alpha value is -3.06. The Labute approximate surface area is 139 Å². The molecule has 0 aliphatic rings. The molecule has 1 N–H and O–H groups in total. The standard InChI is InChI=1S/C17H17N5O2/c23-17(13-24-12-14-4-2-1-3-5-14)19-10-15-11-22(21-20-15)16-6-8-18-9-7-16/h1-9,11H,10,12-13H2,(H,19,23). The summed E-state index contributed by atoms with van der Waals surface area (Å²) in [6.07, 6.45) is 5.13. The zero-order valence-electron chi connectivity index (χ0n) is 13.0. The van der Waals surface area contributed by atoms with E-state index in [9.17, 15) is 4.79 Å². The summed E-state index contributed by atoms with van der Waals surface area (Å²) in [6, 6.07) is 13.4. The molecule has 0 bridgehead atoms. The van der Waals surface area contributed by atoms with Crippen molar-refractivity contribution in [1.82, 2.24) is 25.3 Å². The molecule has 0 spiro atoms. The van der Waals surface area contributed by atoms with Crippen molar-refractivity contribution in [2.24, 2.45) is 0 Å². The van der Waals surface area contributed by atoms with E-state index in [1.165, 1.54) is 0 Å². The lowest BCUT2D eigenvalue weighted by Crippen LogP contribution is -2.27. The van der Waals surface area contributed by atoms with Crippen LogP contribution in [0, 0.1) is 0 Å². The van der Waals surface area contributed by atoms with E-state index in [0.29, 0.717) is 18.8 Å². The van der Waals surface area contributed by atoms with Crippen LogP contribution in [0.3, 0.4) is 0 Å². The Kier molecular flexibility index (Phi) is 5.26. The Balaban J connectivity index is 1.42. The topological polar surface area (TPSA) is 81.9 Å². The normalized spacial score (nSPS) is 10.5. The number of carbonyl (C=O) groups excluding carboxylic acids is 1. The molecule has 7 heteroatoms. The average Bonchev–Trinajstić information content (AvgIpc) is 3.11. The highest BCUT2D eigenvalue weighted by Gasteiger charge is 2.06. The maximum absolute atomic E-state index is 11.8. The molecule has 2 aromatic heterocycles. The third-order valence-electron chi connectivity index (χ3n) is 3.28. The molecule has 0 atom stereocenters. The van der Waals surface area contributed by atoms with Crippen LogP contribution in [0.5, 0.6) is 0 Å². The Morgan fingerprint density at radius 3 is 2.71 bits per heavy atom. The maximum atomic E-state index is 11.8. The van der Waals surface area contributed by atoms with Crippen molar-refractivity contribution in [3.8, 4) is 5.69 Å². The first kappa shape index (κ1) is 15.8. The van der Waals surface area contributed by atoms with Gasteiger partial charge in [0.25, 0.3) is 0 Å². The summed E-state index contributed by atoms with van der Waals surface area (Å²) in [6.45, 7) is 0.721. The van der Waals surface area contributed by atoms with Crippen molar-refractivity contribution in [3.05, 3.63) is 72.3 Å². The summed E-state index contributed by atoms with van der Waals surface area (Å²) < 4.78 is 7.02. The minimum Gasteiger partial charge on any atom is -0.367 e. The molecular weight excluding hydrogens is 306 g/mol. The predicted molar refractivity (Wildman–Crippen MR) is 87.1 cm³/mol. The highest BCUT2D eigenvalue weighted by molar-refractivity contribution is 5.77. The van der Waals surface area contributed by atoms with Crippen LogP contribution >= 0.6 is 0 Å². The van der Waals surface area contributed by atoms with E-state index in [1.54, 1.807) is 23.3 Å². The molecule has 24 heavy (non-hydrogen) atoms. The van der Waals surface area contributed by atoms with Crippen molar-refractivity contribution in [2.75, 3.05) is 6.61 Å². The van der Waals surface area contributed by atoms with Gasteiger partial charge < -0.3 is 10.1 Å². The molecule has 3 rings (SSSR count). The molecular formula is C17H17N5O2. The predicted octanol–water partition coefficient (Wildman–Crippen LogP) is 1.50. The van der Waals surface area contributed by atoms with Gasteiger partial charge >= 0.3 is 0 Å². The van der Waals surface area contributed by atoms with Gasteiger partial charge in [-0.05, 0) is 17.7 Å². The van der Waals surface area contributed by atoms with Gasteiger partial charge in [-0.2, -0.15) is 0 Å². The number of benzene rings is 1. The van der Waals surface area contributed by atoms with Gasteiger partial charge in [0.2, 0.25) is 5.91 Å². The lowest BCUT2D eigenvalue weighted by Gasteiger charge is -2.05. The molecule has 1 aromatic carbocycles. The second-order valence-electron chi connectivity index (χ2n) is 5.11. The summed E-state index contributed by atoms with van der Waals surface area (Å²) >= 11 is 0. The maximum Gasteiger partial charge on any atom is 0.246 e. The lowest BCUT2D eigenvalue weighted by atomic mass is 10.2. The van der Waals surface area contributed by atoms with Crippen molar-refractivity contribution >= 4 is 5.91 Å². The van der Waals surface area contributed by atoms with Crippen LogP contribution in [0.25, 0.3) is 5.69 Å². The number of rotatable bonds is 7. The number of nitrogens with zero attached hydrogens (tertiary/aromatic N) is 4. The van der Waals surface area contributed by atoms with Gasteiger partial charge in [0.15, 0.2) is 0 Å². The van der Waals surface area contributed by atoms with Crippen molar-refractivity contribution < 1.29 is 9.53 Å². The summed E-state index contributed by atoms with van der Waals surface area (Å²) in [5.41, 5.74) is 2.56. The van der Waals surface area contributed by atoms with Crippen LogP contribution < -0.4 is 5.32 Å². The van der Waals surface area contributed by atoms with Crippen molar-refractivity contribution in [3.63, 3.8) is 0 Å². The smallest absolute Gasteiger partial charge is 0.246 e. The quantitative estimate of drug-likeness (QED) is 0.712. The van der Waals surface area contributed by atoms with Crippen molar-refractivity contribution in [2.45, 2.75) is 13.2 Å². The number of carbonyl (C=O) groups is 1. The van der Waals surface area contributed by atoms with Crippen LogP contribution in [-0.2, 0) is 22.7 Å². The Bertz CT molecular complexity index is 774. The van der Waals surface area contributed by atoms with E-state index in [4.69, 9.17) is 4.74 Å². The van der Waals surface area contributed by atoms with Gasteiger partial charge in [0.05, 0.1) is 25.0 Å². The molecule has 0 radical (unpaired) electrons. The first-order chi connectivity index (χ1) is 11.8. The minimum absolute atomic E-state index is 0.00733. The molecule has 2 heterocycles. The summed E-state index contributed by atoms with van der Waals surface area (Å²) in [7, 11) is 0. The number of hydrogen-bond acceptors (Lipinski definition) is 5. The van der Waals surface area contributed by atoms with Crippen LogP contribution in [0.1, 0.15) is 11.3 Å². The number of hydrogen-bond donors (Lipinski definition) is 1. The molecule has 0 aliphatic heterocycles. The monoisotopic (exact) mass is 323 g/mol. The fourth-order valence-corrected chi connectivity index (χ4v) is 2.08. The number of pyridine rings is 1.